The van der Waals surface area contributed by atoms with E-state index in [0.29, 0.717) is 24.3 Å². The molecule has 136 valence electrons. The molecule has 24 heavy (non-hydrogen) atoms. The third kappa shape index (κ3) is 5.30. The molecule has 0 spiro atoms. The first-order valence-electron chi connectivity index (χ1n) is 8.75. The van der Waals surface area contributed by atoms with E-state index in [0.717, 1.165) is 12.0 Å². The van der Waals surface area contributed by atoms with E-state index in [1.54, 1.807) is 14.0 Å². The molecule has 2 aliphatic rings. The molecular weight excluding hydrogens is 419 g/mol. The first-order valence-corrected chi connectivity index (χ1v) is 8.75. The van der Waals surface area contributed by atoms with E-state index in [2.05, 4.69) is 30.7 Å². The molecule has 0 unspecified atom stereocenters. The van der Waals surface area contributed by atoms with Crippen molar-refractivity contribution in [2.75, 3.05) is 20.1 Å². The Morgan fingerprint density at radius 1 is 1.25 bits per heavy atom. The van der Waals surface area contributed by atoms with Crippen LogP contribution >= 0.6 is 24.0 Å². The fourth-order valence-electron chi connectivity index (χ4n) is 3.64. The summed E-state index contributed by atoms with van der Waals surface area (Å²) >= 11 is 0. The minimum absolute atomic E-state index is 0. The SMILES string of the molecule is CN=C(NCc1noc(C)n1)NC1CCN(C2CCCC2)CC1.I. The zero-order valence-electron chi connectivity index (χ0n) is 14.6. The van der Waals surface area contributed by atoms with Gasteiger partial charge in [-0.25, -0.2) is 0 Å². The van der Waals surface area contributed by atoms with Crippen LogP contribution in [0.2, 0.25) is 0 Å². The van der Waals surface area contributed by atoms with Crippen LogP contribution in [0.1, 0.15) is 50.2 Å². The first kappa shape index (κ1) is 19.4. The molecule has 1 aliphatic carbocycles. The Kier molecular flexibility index (Phi) is 7.73. The van der Waals surface area contributed by atoms with Gasteiger partial charge in [0.15, 0.2) is 11.8 Å². The number of nitrogens with zero attached hydrogens (tertiary/aromatic N) is 4. The molecule has 2 fully saturated rings. The van der Waals surface area contributed by atoms with Gasteiger partial charge in [0.1, 0.15) is 0 Å². The smallest absolute Gasteiger partial charge is 0.223 e. The monoisotopic (exact) mass is 448 g/mol. The molecule has 0 bridgehead atoms. The highest BCUT2D eigenvalue weighted by Crippen LogP contribution is 2.26. The van der Waals surface area contributed by atoms with Gasteiger partial charge in [0.2, 0.25) is 5.89 Å². The second-order valence-electron chi connectivity index (χ2n) is 6.55. The van der Waals surface area contributed by atoms with Crippen molar-refractivity contribution in [3.63, 3.8) is 0 Å². The van der Waals surface area contributed by atoms with E-state index in [1.165, 1.54) is 51.6 Å². The lowest BCUT2D eigenvalue weighted by atomic mass is 10.0. The summed E-state index contributed by atoms with van der Waals surface area (Å²) in [5, 5.41) is 10.7. The maximum Gasteiger partial charge on any atom is 0.223 e. The van der Waals surface area contributed by atoms with Gasteiger partial charge in [-0.1, -0.05) is 18.0 Å². The fourth-order valence-corrected chi connectivity index (χ4v) is 3.64. The summed E-state index contributed by atoms with van der Waals surface area (Å²) in [6.07, 6.45) is 7.97. The Balaban J connectivity index is 0.00000208. The summed E-state index contributed by atoms with van der Waals surface area (Å²) in [6.45, 7) is 4.71. The fraction of sp³-hybridized carbons (Fsp3) is 0.812. The molecule has 0 atom stereocenters. The summed E-state index contributed by atoms with van der Waals surface area (Å²) in [5.41, 5.74) is 0. The van der Waals surface area contributed by atoms with Crippen molar-refractivity contribution in [3.05, 3.63) is 11.7 Å². The van der Waals surface area contributed by atoms with E-state index in [4.69, 9.17) is 4.52 Å². The van der Waals surface area contributed by atoms with Crippen molar-refractivity contribution < 1.29 is 4.52 Å². The number of aromatic nitrogens is 2. The lowest BCUT2D eigenvalue weighted by molar-refractivity contribution is 0.150. The number of halogens is 1. The van der Waals surface area contributed by atoms with E-state index >= 15 is 0 Å². The average Bonchev–Trinajstić information content (AvgIpc) is 3.24. The van der Waals surface area contributed by atoms with Crippen molar-refractivity contribution in [2.24, 2.45) is 4.99 Å². The quantitative estimate of drug-likeness (QED) is 0.417. The zero-order chi connectivity index (χ0) is 16.1. The molecule has 7 nitrogen and oxygen atoms in total. The Morgan fingerprint density at radius 3 is 2.54 bits per heavy atom. The zero-order valence-corrected chi connectivity index (χ0v) is 17.0. The van der Waals surface area contributed by atoms with E-state index in [9.17, 15) is 0 Å². The molecule has 1 aromatic rings. The third-order valence-electron chi connectivity index (χ3n) is 4.92. The van der Waals surface area contributed by atoms with Crippen LogP contribution in [0.3, 0.4) is 0 Å². The number of likely N-dealkylation sites (tertiary alicyclic amines) is 1. The number of aryl methyl sites for hydroxylation is 1. The van der Waals surface area contributed by atoms with Crippen molar-refractivity contribution in [1.82, 2.24) is 25.7 Å². The highest BCUT2D eigenvalue weighted by molar-refractivity contribution is 14.0. The third-order valence-corrected chi connectivity index (χ3v) is 4.92. The maximum absolute atomic E-state index is 4.97. The van der Waals surface area contributed by atoms with Gasteiger partial charge in [-0.15, -0.1) is 24.0 Å². The molecule has 1 saturated carbocycles. The first-order chi connectivity index (χ1) is 11.2. The number of piperidine rings is 1. The van der Waals surface area contributed by atoms with Gasteiger partial charge in [0, 0.05) is 39.1 Å². The average molecular weight is 448 g/mol. The molecule has 2 N–H and O–H groups in total. The van der Waals surface area contributed by atoms with E-state index < -0.39 is 0 Å². The summed E-state index contributed by atoms with van der Waals surface area (Å²) in [7, 11) is 1.80. The van der Waals surface area contributed by atoms with Crippen LogP contribution in [-0.4, -0.2) is 53.2 Å². The molecule has 0 amide bonds. The summed E-state index contributed by atoms with van der Waals surface area (Å²) in [5.74, 6) is 2.05. The molecule has 1 aliphatic heterocycles. The normalized spacial score (nSPS) is 20.8. The van der Waals surface area contributed by atoms with E-state index in [1.807, 2.05) is 0 Å². The van der Waals surface area contributed by atoms with Gasteiger partial charge in [-0.05, 0) is 25.7 Å². The van der Waals surface area contributed by atoms with Crippen LogP contribution in [-0.2, 0) is 6.54 Å². The van der Waals surface area contributed by atoms with Gasteiger partial charge in [-0.2, -0.15) is 4.98 Å². The number of rotatable bonds is 4. The van der Waals surface area contributed by atoms with Gasteiger partial charge < -0.3 is 20.1 Å². The predicted molar refractivity (Wildman–Crippen MR) is 105 cm³/mol. The molecule has 8 heteroatoms. The van der Waals surface area contributed by atoms with Crippen molar-refractivity contribution in [2.45, 2.75) is 64.1 Å². The second-order valence-corrected chi connectivity index (χ2v) is 6.55. The minimum Gasteiger partial charge on any atom is -0.354 e. The molecule has 1 aromatic heterocycles. The standard InChI is InChI=1S/C16H28N6O.HI/c1-12-19-15(21-23-12)11-18-16(17-2)20-13-7-9-22(10-8-13)14-5-3-4-6-14;/h13-14H,3-11H2,1-2H3,(H2,17,18,20);1H. The Labute approximate surface area is 161 Å². The van der Waals surface area contributed by atoms with Gasteiger partial charge in [-0.3, -0.25) is 4.99 Å². The Bertz CT molecular complexity index is 520. The maximum atomic E-state index is 4.97. The second kappa shape index (κ2) is 9.55. The molecule has 3 rings (SSSR count). The minimum atomic E-state index is 0. The summed E-state index contributed by atoms with van der Waals surface area (Å²) < 4.78 is 4.97. The topological polar surface area (TPSA) is 78.6 Å². The predicted octanol–water partition coefficient (Wildman–Crippen LogP) is 2.07. The van der Waals surface area contributed by atoms with Gasteiger partial charge in [0.25, 0.3) is 0 Å². The Hall–Kier alpha value is -0.900. The number of aliphatic imine (C=N–C) groups is 1. The van der Waals surface area contributed by atoms with Crippen LogP contribution < -0.4 is 10.6 Å². The van der Waals surface area contributed by atoms with Crippen LogP contribution in [0.5, 0.6) is 0 Å². The number of hydrogen-bond donors (Lipinski definition) is 2. The van der Waals surface area contributed by atoms with Gasteiger partial charge >= 0.3 is 0 Å². The van der Waals surface area contributed by atoms with Crippen LogP contribution in [0.4, 0.5) is 0 Å². The number of hydrogen-bond acceptors (Lipinski definition) is 5. The molecule has 1 saturated heterocycles. The van der Waals surface area contributed by atoms with Gasteiger partial charge in [0.05, 0.1) is 6.54 Å². The lowest BCUT2D eigenvalue weighted by Crippen LogP contribution is -2.50. The lowest BCUT2D eigenvalue weighted by Gasteiger charge is -2.36. The van der Waals surface area contributed by atoms with Crippen LogP contribution in [0.25, 0.3) is 0 Å². The number of nitrogens with one attached hydrogen (secondary N) is 2. The van der Waals surface area contributed by atoms with E-state index in [-0.39, 0.29) is 24.0 Å². The largest absolute Gasteiger partial charge is 0.354 e. The van der Waals surface area contributed by atoms with Crippen LogP contribution in [0, 0.1) is 6.92 Å². The summed E-state index contributed by atoms with van der Waals surface area (Å²) in [4.78, 5) is 11.2. The summed E-state index contributed by atoms with van der Waals surface area (Å²) in [6, 6.07) is 1.33. The van der Waals surface area contributed by atoms with Crippen LogP contribution in [0.15, 0.2) is 9.52 Å². The van der Waals surface area contributed by atoms with Crippen molar-refractivity contribution in [1.29, 1.82) is 0 Å². The molecule has 2 heterocycles. The highest BCUT2D eigenvalue weighted by Gasteiger charge is 2.27. The molecule has 0 radical (unpaired) electrons. The highest BCUT2D eigenvalue weighted by atomic mass is 127. The van der Waals surface area contributed by atoms with Crippen molar-refractivity contribution >= 4 is 29.9 Å². The molecular formula is C16H29IN6O. The molecule has 0 aromatic carbocycles. The van der Waals surface area contributed by atoms with Crippen molar-refractivity contribution in [3.8, 4) is 0 Å². The number of guanidine groups is 1. The Morgan fingerprint density at radius 2 is 1.96 bits per heavy atom.